The Morgan fingerprint density at radius 2 is 1.08 bits per heavy atom. The summed E-state index contributed by atoms with van der Waals surface area (Å²) in [6, 6.07) is 8.40. The van der Waals surface area contributed by atoms with Gasteiger partial charge in [0.1, 0.15) is 29.7 Å². The third-order valence-electron chi connectivity index (χ3n) is 25.2. The second-order valence-electron chi connectivity index (χ2n) is 37.6. The van der Waals surface area contributed by atoms with Gasteiger partial charge in [0.15, 0.2) is 57.2 Å². The predicted octanol–water partition coefficient (Wildman–Crippen LogP) is 17.4. The maximum atomic E-state index is 16.5. The summed E-state index contributed by atoms with van der Waals surface area (Å²) in [5.74, 6) is -1.43. The first-order valence-electron chi connectivity index (χ1n) is 36.9. The van der Waals surface area contributed by atoms with E-state index in [0.717, 1.165) is 17.6 Å². The minimum Gasteiger partial charge on any atom is -0.414 e. The van der Waals surface area contributed by atoms with E-state index in [1.807, 2.05) is 12.2 Å². The lowest BCUT2D eigenvalue weighted by Gasteiger charge is -2.56. The summed E-state index contributed by atoms with van der Waals surface area (Å²) in [6.45, 7) is 67.7. The molecule has 2 unspecified atom stereocenters. The summed E-state index contributed by atoms with van der Waals surface area (Å²) in [5, 5.41) is 9.54. The fraction of sp³-hybridized carbons (Fsp3) is 0.829. The zero-order chi connectivity index (χ0) is 73.0. The molecule has 0 amide bonds. The number of ketones is 1. The van der Waals surface area contributed by atoms with Crippen LogP contribution in [0.4, 0.5) is 0 Å². The van der Waals surface area contributed by atoms with Gasteiger partial charge in [0.2, 0.25) is 0 Å². The van der Waals surface area contributed by atoms with E-state index in [4.69, 9.17) is 50.6 Å². The highest BCUT2D eigenvalue weighted by molar-refractivity contribution is 7.92. The molecule has 8 aliphatic heterocycles. The number of sulfone groups is 1. The molecule has 8 heterocycles. The Morgan fingerprint density at radius 1 is 0.567 bits per heavy atom. The number of Topliss-reactive ketones (excluding diaryl/α,β-unsaturated/α-hetero) is 1. The van der Waals surface area contributed by atoms with E-state index in [9.17, 15) is 5.11 Å². The molecule has 97 heavy (non-hydrogen) atoms. The molecule has 0 radical (unpaired) electrons. The van der Waals surface area contributed by atoms with E-state index < -0.39 is 148 Å². The van der Waals surface area contributed by atoms with Crippen molar-refractivity contribution < 1.29 is 68.9 Å². The van der Waals surface area contributed by atoms with Gasteiger partial charge in [-0.2, -0.15) is 0 Å². The van der Waals surface area contributed by atoms with Gasteiger partial charge in [-0.15, -0.1) is 0 Å². The van der Waals surface area contributed by atoms with Crippen molar-refractivity contribution in [2.24, 2.45) is 11.8 Å². The van der Waals surface area contributed by atoms with Crippen LogP contribution in [-0.2, 0) is 65.2 Å². The van der Waals surface area contributed by atoms with Gasteiger partial charge in [0, 0.05) is 32.3 Å². The highest BCUT2D eigenvalue weighted by Crippen LogP contribution is 2.51. The fourth-order valence-corrected chi connectivity index (χ4v) is 21.9. The second-order valence-corrected chi connectivity index (χ2v) is 63.5. The van der Waals surface area contributed by atoms with Crippen LogP contribution in [0.3, 0.4) is 0 Å². The minimum absolute atomic E-state index is 0.0396. The zero-order valence-electron chi connectivity index (χ0n) is 65.5. The molecule has 8 aliphatic rings. The number of aliphatic hydroxyl groups is 1. The summed E-state index contributed by atoms with van der Waals surface area (Å²) < 4.78 is 114. The monoisotopic (exact) mass is 1460 g/mol. The summed E-state index contributed by atoms with van der Waals surface area (Å²) in [5.41, 5.74) is 1.94. The van der Waals surface area contributed by atoms with E-state index >= 15 is 13.2 Å². The summed E-state index contributed by atoms with van der Waals surface area (Å²) >= 11 is 0. The number of carbonyl (C=O) groups is 1. The molecule has 1 aromatic rings. The molecule has 0 spiro atoms. The second kappa shape index (κ2) is 31.0. The van der Waals surface area contributed by atoms with Gasteiger partial charge >= 0.3 is 0 Å². The van der Waals surface area contributed by atoms with Crippen LogP contribution in [0.1, 0.15) is 181 Å². The van der Waals surface area contributed by atoms with Gasteiger partial charge in [-0.05, 0) is 171 Å². The Morgan fingerprint density at radius 3 is 1.64 bits per heavy atom. The molecule has 5 fully saturated rings. The average Bonchev–Trinajstić information content (AvgIpc) is 1.35. The number of ether oxygens (including phenoxy) is 6. The van der Waals surface area contributed by atoms with Gasteiger partial charge in [-0.1, -0.05) is 154 Å². The molecule has 15 nitrogen and oxygen atoms in total. The molecule has 0 aliphatic carbocycles. The third kappa shape index (κ3) is 19.6. The van der Waals surface area contributed by atoms with Gasteiger partial charge in [-0.25, -0.2) is 8.42 Å². The van der Waals surface area contributed by atoms with Gasteiger partial charge < -0.3 is 55.7 Å². The molecule has 556 valence electrons. The van der Waals surface area contributed by atoms with Gasteiger partial charge in [0.05, 0.1) is 84.7 Å². The first-order chi connectivity index (χ1) is 44.2. The van der Waals surface area contributed by atoms with Crippen molar-refractivity contribution >= 4 is 57.2 Å². The normalized spacial score (nSPS) is 33.8. The van der Waals surface area contributed by atoms with Gasteiger partial charge in [-0.3, -0.25) is 4.79 Å². The summed E-state index contributed by atoms with van der Waals surface area (Å²) in [7, 11) is -15.7. The molecule has 8 bridgehead atoms. The summed E-state index contributed by atoms with van der Waals surface area (Å²) in [6.07, 6.45) is -0.429. The molecule has 9 rings (SSSR count). The first kappa shape index (κ1) is 82.9. The predicted molar refractivity (Wildman–Crippen MR) is 405 cm³/mol. The highest BCUT2D eigenvalue weighted by atomic mass is 32.2. The highest BCUT2D eigenvalue weighted by Gasteiger charge is 2.61. The average molecular weight is 1460 g/mol. The third-order valence-corrected chi connectivity index (χ3v) is 49.8. The molecule has 1 N–H and O–H groups in total. The van der Waals surface area contributed by atoms with Crippen LogP contribution in [0.5, 0.6) is 0 Å². The molecule has 5 saturated heterocycles. The molecular weight excluding hydrogens is 1330 g/mol. The molecule has 1 aromatic carbocycles. The van der Waals surface area contributed by atoms with Crippen LogP contribution < -0.4 is 0 Å². The number of hydrogen-bond acceptors (Lipinski definition) is 15. The Hall–Kier alpha value is -1.34. The topological polar surface area (TPSA) is 173 Å². The maximum Gasteiger partial charge on any atom is 0.193 e. The van der Waals surface area contributed by atoms with Crippen molar-refractivity contribution in [3.63, 3.8) is 0 Å². The molecule has 0 saturated carbocycles. The Balaban J connectivity index is 1.43. The smallest absolute Gasteiger partial charge is 0.193 e. The standard InChI is InChI=1S/C76H136O15SSi5/c1-49-43-54-38-41-59-50(2)44-53(83-59)37-35-52(77)36-40-61(89-95(24,25)74(10,11)12)68-70(91-97(28,29)76(16,17)18)69(90-96(26,27)75(13,14)15)67-60(87-68)42-39-55(85-67)45-58(78)71(92(79,80)57-33-31-30-32-34-57)65-63(47-62(84-54)51(49)3)86-64(66(65)81-19)46-56(88-94(22,23)73(7,8)9)48-82-93(20,21)72(4,5)6/h30-34,36,40,49,52-56,59-71,77H,2-3,35,37-39,41-48H2,1,4-29H3/t49-,52?,53+,54+,55-,56+,59+,60+,61+,62-,63+,64-,65-,66+,67-,68+,69+,70-,71?/m1/s1. The van der Waals surface area contributed by atoms with E-state index in [-0.39, 0.29) is 67.2 Å². The van der Waals surface area contributed by atoms with Crippen LogP contribution in [-0.4, -0.2) is 178 Å². The molecule has 0 aromatic heterocycles. The van der Waals surface area contributed by atoms with E-state index in [0.29, 0.717) is 58.0 Å². The Bertz CT molecular complexity index is 2960. The Labute approximate surface area is 594 Å². The van der Waals surface area contributed by atoms with Crippen molar-refractivity contribution in [1.29, 1.82) is 0 Å². The number of benzene rings is 1. The quantitative estimate of drug-likeness (QED) is 0.122. The van der Waals surface area contributed by atoms with Crippen molar-refractivity contribution in [3.8, 4) is 0 Å². The van der Waals surface area contributed by atoms with Crippen molar-refractivity contribution in [3.05, 3.63) is 66.8 Å². The molecule has 21 heteroatoms. The van der Waals surface area contributed by atoms with Crippen LogP contribution in [0.2, 0.25) is 90.7 Å². The number of hydrogen-bond donors (Lipinski definition) is 1. The zero-order valence-corrected chi connectivity index (χ0v) is 71.3. The minimum atomic E-state index is -4.52. The SMILES string of the molecule is C=C1C[C@@H]2CCC(O)C=C[C@H](O[Si](C)(C)C(C)(C)C)[C@@H]3O[C@H]4CC[C@H](CC(=O)C(S(=O)(=O)c5ccccc5)[C@H]5[C@@H](OC)[C@@H](C[C@@H](CO[Si](C)(C)C(C)(C)C)O[Si](C)(C)C(C)(C)C)O[C@H]5C[C@H]5O[C@@H](CC[C@@H]1O2)C[C@@H](C)C5=C)O[C@H]4[C@H](O[Si](C)(C)C(C)(C)C)[C@@H]3O[Si](C)(C)C(C)(C)C. The van der Waals surface area contributed by atoms with Gasteiger partial charge in [0.25, 0.3) is 0 Å². The summed E-state index contributed by atoms with van der Waals surface area (Å²) in [4.78, 5) is 16.6. The van der Waals surface area contributed by atoms with Crippen LogP contribution in [0.15, 0.2) is 71.7 Å². The van der Waals surface area contributed by atoms with Crippen molar-refractivity contribution in [2.75, 3.05) is 13.7 Å². The Kier molecular flexibility index (Phi) is 26.5. The first-order valence-corrected chi connectivity index (χ1v) is 53.0. The number of methoxy groups -OCH3 is 1. The van der Waals surface area contributed by atoms with Crippen molar-refractivity contribution in [2.45, 2.75) is 380 Å². The number of carbonyl (C=O) groups excluding carboxylic acids is 1. The lowest BCUT2D eigenvalue weighted by molar-refractivity contribution is -0.266. The largest absolute Gasteiger partial charge is 0.414 e. The maximum absolute atomic E-state index is 16.5. The molecule has 19 atom stereocenters. The van der Waals surface area contributed by atoms with Crippen molar-refractivity contribution in [1.82, 2.24) is 0 Å². The van der Waals surface area contributed by atoms with Crippen LogP contribution in [0.25, 0.3) is 0 Å². The number of fused-ring (bicyclic) bond motifs is 2. The molecular formula is C76H136O15SSi5. The van der Waals surface area contributed by atoms with E-state index in [1.54, 1.807) is 37.4 Å². The van der Waals surface area contributed by atoms with E-state index in [2.05, 4.69) is 189 Å². The number of aliphatic hydroxyl groups excluding tert-OH is 1. The lowest BCUT2D eigenvalue weighted by atomic mass is 9.81. The van der Waals surface area contributed by atoms with Crippen LogP contribution >= 0.6 is 0 Å². The number of rotatable bonds is 16. The fourth-order valence-electron chi connectivity index (χ4n) is 13.7. The van der Waals surface area contributed by atoms with E-state index in [1.165, 1.54) is 0 Å². The lowest BCUT2D eigenvalue weighted by Crippen LogP contribution is -2.69. The van der Waals surface area contributed by atoms with Crippen LogP contribution in [0, 0.1) is 11.8 Å².